The zero-order valence-corrected chi connectivity index (χ0v) is 8.78. The Morgan fingerprint density at radius 1 is 1.20 bits per heavy atom. The molecule has 1 rings (SSSR count). The van der Waals surface area contributed by atoms with Crippen molar-refractivity contribution < 1.29 is 29.9 Å². The number of aliphatic hydroxyl groups excluding tert-OH is 4. The molecule has 0 aliphatic carbocycles. The Balaban J connectivity index is 2.66. The Morgan fingerprint density at radius 2 is 1.80 bits per heavy atom. The van der Waals surface area contributed by atoms with Gasteiger partial charge in [-0.05, 0) is 13.8 Å². The average molecular weight is 222 g/mol. The van der Waals surface area contributed by atoms with Crippen LogP contribution in [-0.4, -0.2) is 63.8 Å². The van der Waals surface area contributed by atoms with Crippen LogP contribution < -0.4 is 0 Å². The lowest BCUT2D eigenvalue weighted by atomic mass is 9.99. The molecule has 1 fully saturated rings. The van der Waals surface area contributed by atoms with Crippen LogP contribution >= 0.6 is 0 Å². The van der Waals surface area contributed by atoms with E-state index in [1.807, 2.05) is 0 Å². The van der Waals surface area contributed by atoms with Gasteiger partial charge in [-0.25, -0.2) is 0 Å². The van der Waals surface area contributed by atoms with Gasteiger partial charge >= 0.3 is 0 Å². The lowest BCUT2D eigenvalue weighted by molar-refractivity contribution is -0.301. The van der Waals surface area contributed by atoms with Crippen LogP contribution in [0.4, 0.5) is 0 Å². The van der Waals surface area contributed by atoms with Crippen molar-refractivity contribution in [1.29, 1.82) is 0 Å². The summed E-state index contributed by atoms with van der Waals surface area (Å²) < 4.78 is 10.1. The van der Waals surface area contributed by atoms with Crippen LogP contribution in [0.1, 0.15) is 13.8 Å². The van der Waals surface area contributed by atoms with E-state index < -0.39 is 37.3 Å². The molecule has 0 unspecified atom stereocenters. The van der Waals surface area contributed by atoms with Crippen molar-refractivity contribution in [3.63, 3.8) is 0 Å². The maximum Gasteiger partial charge on any atom is 0.184 e. The van der Waals surface area contributed by atoms with Crippen molar-refractivity contribution in [2.24, 2.45) is 0 Å². The highest BCUT2D eigenvalue weighted by Crippen LogP contribution is 2.22. The second-order valence-electron chi connectivity index (χ2n) is 3.88. The molecule has 0 saturated carbocycles. The lowest BCUT2D eigenvalue weighted by Crippen LogP contribution is -2.59. The average Bonchev–Trinajstić information content (AvgIpc) is 2.18. The maximum atomic E-state index is 9.63. The quantitative estimate of drug-likeness (QED) is 0.450. The number of hydrogen-bond donors (Lipinski definition) is 4. The van der Waals surface area contributed by atoms with Crippen molar-refractivity contribution in [3.05, 3.63) is 0 Å². The van der Waals surface area contributed by atoms with Crippen LogP contribution in [0, 0.1) is 0 Å². The molecule has 6 nitrogen and oxygen atoms in total. The van der Waals surface area contributed by atoms with Crippen LogP contribution in [0.3, 0.4) is 0 Å². The fourth-order valence-corrected chi connectivity index (χ4v) is 1.53. The first kappa shape index (κ1) is 12.8. The fourth-order valence-electron chi connectivity index (χ4n) is 1.53. The zero-order valence-electron chi connectivity index (χ0n) is 8.78. The third-order valence-electron chi connectivity index (χ3n) is 2.27. The van der Waals surface area contributed by atoms with Crippen LogP contribution in [-0.2, 0) is 9.47 Å². The third-order valence-corrected chi connectivity index (χ3v) is 2.27. The molecule has 4 N–H and O–H groups in total. The van der Waals surface area contributed by atoms with E-state index in [9.17, 15) is 15.3 Å². The first-order valence-electron chi connectivity index (χ1n) is 4.93. The van der Waals surface area contributed by atoms with Crippen molar-refractivity contribution in [2.75, 3.05) is 6.61 Å². The highest BCUT2D eigenvalue weighted by Gasteiger charge is 2.44. The minimum absolute atomic E-state index is 0.208. The van der Waals surface area contributed by atoms with Gasteiger partial charge in [0.05, 0.1) is 12.7 Å². The highest BCUT2D eigenvalue weighted by molar-refractivity contribution is 4.89. The number of aliphatic hydroxyl groups is 4. The summed E-state index contributed by atoms with van der Waals surface area (Å²) in [7, 11) is 0. The Morgan fingerprint density at radius 3 is 2.27 bits per heavy atom. The summed E-state index contributed by atoms with van der Waals surface area (Å²) in [6, 6.07) is 0. The topological polar surface area (TPSA) is 99.4 Å². The van der Waals surface area contributed by atoms with Gasteiger partial charge in [-0.1, -0.05) is 0 Å². The molecule has 0 amide bonds. The molecule has 0 aromatic carbocycles. The Labute approximate surface area is 88.1 Å². The van der Waals surface area contributed by atoms with E-state index in [1.54, 1.807) is 13.8 Å². The minimum Gasteiger partial charge on any atom is -0.394 e. The second-order valence-corrected chi connectivity index (χ2v) is 3.88. The molecule has 0 bridgehead atoms. The second kappa shape index (κ2) is 5.20. The zero-order chi connectivity index (χ0) is 11.6. The molecule has 1 saturated heterocycles. The molecule has 0 aromatic rings. The summed E-state index contributed by atoms with van der Waals surface area (Å²) in [5.74, 6) is 0. The number of rotatable bonds is 3. The van der Waals surface area contributed by atoms with Crippen molar-refractivity contribution >= 4 is 0 Å². The van der Waals surface area contributed by atoms with E-state index in [2.05, 4.69) is 0 Å². The Kier molecular flexibility index (Phi) is 4.45. The number of hydrogen-bond acceptors (Lipinski definition) is 6. The summed E-state index contributed by atoms with van der Waals surface area (Å²) in [6.45, 7) is 3.01. The molecule has 0 radical (unpaired) electrons. The standard InChI is InChI=1S/C9H18O6/c1-4(2)14-8-7(12)6(11)5(3-10)15-9(8)13/h4-13H,3H2,1-2H3/t5-,6-,7+,8-,9-/m1/s1. The third kappa shape index (κ3) is 2.87. The fraction of sp³-hybridized carbons (Fsp3) is 1.00. The van der Waals surface area contributed by atoms with E-state index in [0.29, 0.717) is 0 Å². The minimum atomic E-state index is -1.34. The van der Waals surface area contributed by atoms with Crippen LogP contribution in [0.15, 0.2) is 0 Å². The van der Waals surface area contributed by atoms with Gasteiger partial charge in [0.25, 0.3) is 0 Å². The van der Waals surface area contributed by atoms with Crippen LogP contribution in [0.25, 0.3) is 0 Å². The Bertz CT molecular complexity index is 197. The monoisotopic (exact) mass is 222 g/mol. The first-order valence-corrected chi connectivity index (χ1v) is 4.93. The predicted octanol–water partition coefficient (Wildman–Crippen LogP) is -1.79. The molecule has 1 aliphatic heterocycles. The summed E-state index contributed by atoms with van der Waals surface area (Å²) in [5.41, 5.74) is 0. The summed E-state index contributed by atoms with van der Waals surface area (Å²) >= 11 is 0. The molecule has 15 heavy (non-hydrogen) atoms. The van der Waals surface area contributed by atoms with Crippen molar-refractivity contribution in [1.82, 2.24) is 0 Å². The predicted molar refractivity (Wildman–Crippen MR) is 50.0 cm³/mol. The van der Waals surface area contributed by atoms with Crippen LogP contribution in [0.2, 0.25) is 0 Å². The molecular formula is C9H18O6. The highest BCUT2D eigenvalue weighted by atomic mass is 16.7. The molecule has 5 atom stereocenters. The van der Waals surface area contributed by atoms with Gasteiger partial charge in [0.1, 0.15) is 24.4 Å². The van der Waals surface area contributed by atoms with Crippen molar-refractivity contribution in [3.8, 4) is 0 Å². The smallest absolute Gasteiger partial charge is 0.184 e. The van der Waals surface area contributed by atoms with Gasteiger partial charge in [-0.3, -0.25) is 0 Å². The van der Waals surface area contributed by atoms with Gasteiger partial charge in [0.2, 0.25) is 0 Å². The molecule has 1 aliphatic rings. The van der Waals surface area contributed by atoms with Gasteiger partial charge in [-0.15, -0.1) is 0 Å². The van der Waals surface area contributed by atoms with Crippen LogP contribution in [0.5, 0.6) is 0 Å². The van der Waals surface area contributed by atoms with E-state index >= 15 is 0 Å². The molecule has 90 valence electrons. The lowest BCUT2D eigenvalue weighted by Gasteiger charge is -2.40. The molecule has 0 spiro atoms. The van der Waals surface area contributed by atoms with E-state index in [-0.39, 0.29) is 6.10 Å². The summed E-state index contributed by atoms with van der Waals surface area (Å²) in [6.07, 6.45) is -6.07. The number of ether oxygens (including phenoxy) is 2. The van der Waals surface area contributed by atoms with E-state index in [1.165, 1.54) is 0 Å². The molecule has 6 heteroatoms. The van der Waals surface area contributed by atoms with Crippen molar-refractivity contribution in [2.45, 2.75) is 50.7 Å². The first-order chi connectivity index (χ1) is 6.97. The maximum absolute atomic E-state index is 9.63. The normalized spacial score (nSPS) is 42.2. The van der Waals surface area contributed by atoms with Gasteiger partial charge < -0.3 is 29.9 Å². The largest absolute Gasteiger partial charge is 0.394 e. The van der Waals surface area contributed by atoms with E-state index in [0.717, 1.165) is 0 Å². The van der Waals surface area contributed by atoms with Gasteiger partial charge in [-0.2, -0.15) is 0 Å². The summed E-state index contributed by atoms with van der Waals surface area (Å²) in [5, 5.41) is 37.4. The summed E-state index contributed by atoms with van der Waals surface area (Å²) in [4.78, 5) is 0. The van der Waals surface area contributed by atoms with Gasteiger partial charge in [0, 0.05) is 0 Å². The van der Waals surface area contributed by atoms with Gasteiger partial charge in [0.15, 0.2) is 6.29 Å². The molecular weight excluding hydrogens is 204 g/mol. The van der Waals surface area contributed by atoms with E-state index in [4.69, 9.17) is 14.6 Å². The molecule has 1 heterocycles. The Hall–Kier alpha value is -0.240. The SMILES string of the molecule is CC(C)O[C@@H]1[C@@H](O)[C@H](O)[C@@H](CO)O[C@H]1O. The molecule has 0 aromatic heterocycles.